The van der Waals surface area contributed by atoms with Gasteiger partial charge in [0.05, 0.1) is 0 Å². The van der Waals surface area contributed by atoms with Crippen LogP contribution in [0.2, 0.25) is 0 Å². The Balaban J connectivity index is 2.19. The number of rotatable bonds is 2. The molecule has 4 nitrogen and oxygen atoms in total. The summed E-state index contributed by atoms with van der Waals surface area (Å²) in [7, 11) is 0. The first kappa shape index (κ1) is 8.62. The highest BCUT2D eigenvalue weighted by molar-refractivity contribution is 5.42. The third-order valence-electron chi connectivity index (χ3n) is 1.81. The quantitative estimate of drug-likeness (QED) is 0.738. The van der Waals surface area contributed by atoms with E-state index in [0.717, 1.165) is 0 Å². The number of hydrogen-bond donors (Lipinski definition) is 1. The Morgan fingerprint density at radius 2 is 2.00 bits per heavy atom. The molecule has 0 spiro atoms. The molecule has 14 heavy (non-hydrogen) atoms. The molecule has 1 aromatic heterocycles. The Hall–Kier alpha value is -1.97. The van der Waals surface area contributed by atoms with E-state index in [1.807, 2.05) is 0 Å². The molecule has 2 aromatic rings. The van der Waals surface area contributed by atoms with E-state index in [4.69, 9.17) is 15.0 Å². The summed E-state index contributed by atoms with van der Waals surface area (Å²) in [5.74, 6) is 1.99. The molecule has 4 heteroatoms. The SMILES string of the molecule is Cc1oncc1Oc1ccc(N)cc1. The lowest BCUT2D eigenvalue weighted by Crippen LogP contribution is -1.86. The van der Waals surface area contributed by atoms with Crippen LogP contribution < -0.4 is 10.5 Å². The maximum absolute atomic E-state index is 5.54. The van der Waals surface area contributed by atoms with E-state index < -0.39 is 0 Å². The third-order valence-corrected chi connectivity index (χ3v) is 1.81. The molecule has 1 heterocycles. The van der Waals surface area contributed by atoms with Gasteiger partial charge in [-0.2, -0.15) is 0 Å². The number of nitrogens with zero attached hydrogens (tertiary/aromatic N) is 1. The van der Waals surface area contributed by atoms with Gasteiger partial charge in [-0.25, -0.2) is 0 Å². The van der Waals surface area contributed by atoms with Crippen LogP contribution in [0.5, 0.6) is 11.5 Å². The van der Waals surface area contributed by atoms with Gasteiger partial charge in [-0.3, -0.25) is 0 Å². The fourth-order valence-corrected chi connectivity index (χ4v) is 1.05. The number of ether oxygens (including phenoxy) is 1. The Labute approximate surface area is 81.3 Å². The molecule has 0 aliphatic heterocycles. The molecule has 72 valence electrons. The predicted octanol–water partition coefficient (Wildman–Crippen LogP) is 2.36. The number of benzene rings is 1. The summed E-state index contributed by atoms with van der Waals surface area (Å²) >= 11 is 0. The molecule has 0 fully saturated rings. The molecule has 0 aliphatic carbocycles. The van der Waals surface area contributed by atoms with Crippen molar-refractivity contribution in [3.8, 4) is 11.5 Å². The Bertz CT molecular complexity index is 420. The van der Waals surface area contributed by atoms with Crippen LogP contribution >= 0.6 is 0 Å². The van der Waals surface area contributed by atoms with E-state index in [-0.39, 0.29) is 0 Å². The van der Waals surface area contributed by atoms with Crippen molar-refractivity contribution >= 4 is 5.69 Å². The summed E-state index contributed by atoms with van der Waals surface area (Å²) in [6.07, 6.45) is 1.53. The fraction of sp³-hybridized carbons (Fsp3) is 0.100. The van der Waals surface area contributed by atoms with Gasteiger partial charge in [0.1, 0.15) is 11.9 Å². The maximum atomic E-state index is 5.54. The van der Waals surface area contributed by atoms with Gasteiger partial charge in [-0.1, -0.05) is 5.16 Å². The summed E-state index contributed by atoms with van der Waals surface area (Å²) < 4.78 is 10.4. The number of hydrogen-bond acceptors (Lipinski definition) is 4. The predicted molar refractivity (Wildman–Crippen MR) is 52.2 cm³/mol. The molecule has 0 saturated carbocycles. The molecule has 2 N–H and O–H groups in total. The minimum Gasteiger partial charge on any atom is -0.452 e. The lowest BCUT2D eigenvalue weighted by molar-refractivity contribution is 0.386. The van der Waals surface area contributed by atoms with E-state index in [1.165, 1.54) is 6.20 Å². The molecular weight excluding hydrogens is 180 g/mol. The van der Waals surface area contributed by atoms with E-state index >= 15 is 0 Å². The largest absolute Gasteiger partial charge is 0.452 e. The van der Waals surface area contributed by atoms with E-state index in [2.05, 4.69) is 5.16 Å². The van der Waals surface area contributed by atoms with Crippen molar-refractivity contribution in [1.82, 2.24) is 5.16 Å². The summed E-state index contributed by atoms with van der Waals surface area (Å²) in [6.45, 7) is 1.79. The monoisotopic (exact) mass is 190 g/mol. The van der Waals surface area contributed by atoms with Crippen molar-refractivity contribution in [3.05, 3.63) is 36.2 Å². The number of aromatic nitrogens is 1. The Kier molecular flexibility index (Phi) is 2.10. The average Bonchev–Trinajstić information content (AvgIpc) is 2.56. The lowest BCUT2D eigenvalue weighted by Gasteiger charge is -2.02. The normalized spacial score (nSPS) is 10.1. The van der Waals surface area contributed by atoms with Gasteiger partial charge in [-0.15, -0.1) is 0 Å². The minimum atomic E-state index is 0.620. The van der Waals surface area contributed by atoms with Crippen LogP contribution in [0.25, 0.3) is 0 Å². The molecule has 2 rings (SSSR count). The van der Waals surface area contributed by atoms with Gasteiger partial charge < -0.3 is 15.0 Å². The smallest absolute Gasteiger partial charge is 0.189 e. The number of anilines is 1. The molecule has 0 atom stereocenters. The van der Waals surface area contributed by atoms with Gasteiger partial charge in [-0.05, 0) is 24.3 Å². The standard InChI is InChI=1S/C10H10N2O2/c1-7-10(6-12-14-7)13-9-4-2-8(11)3-5-9/h2-6H,11H2,1H3. The van der Waals surface area contributed by atoms with Crippen molar-refractivity contribution < 1.29 is 9.26 Å². The molecule has 0 amide bonds. The molecular formula is C10H10N2O2. The minimum absolute atomic E-state index is 0.620. The zero-order valence-electron chi connectivity index (χ0n) is 7.73. The maximum Gasteiger partial charge on any atom is 0.189 e. The van der Waals surface area contributed by atoms with Crippen LogP contribution in [0.1, 0.15) is 5.76 Å². The third kappa shape index (κ3) is 1.69. The van der Waals surface area contributed by atoms with Crippen LogP contribution in [0.15, 0.2) is 35.0 Å². The lowest BCUT2D eigenvalue weighted by atomic mass is 10.3. The zero-order valence-corrected chi connectivity index (χ0v) is 7.73. The van der Waals surface area contributed by atoms with Crippen LogP contribution in [0.4, 0.5) is 5.69 Å². The average molecular weight is 190 g/mol. The van der Waals surface area contributed by atoms with Gasteiger partial charge in [0.2, 0.25) is 0 Å². The highest BCUT2D eigenvalue weighted by Crippen LogP contribution is 2.24. The second-order valence-electron chi connectivity index (χ2n) is 2.92. The van der Waals surface area contributed by atoms with Gasteiger partial charge >= 0.3 is 0 Å². The summed E-state index contributed by atoms with van der Waals surface area (Å²) in [4.78, 5) is 0. The van der Waals surface area contributed by atoms with Crippen molar-refractivity contribution in [2.45, 2.75) is 6.92 Å². The molecule has 0 aliphatic rings. The number of nitrogens with two attached hydrogens (primary N) is 1. The van der Waals surface area contributed by atoms with Crippen molar-refractivity contribution in [1.29, 1.82) is 0 Å². The molecule has 0 saturated heterocycles. The van der Waals surface area contributed by atoms with Crippen LogP contribution in [0.3, 0.4) is 0 Å². The summed E-state index contributed by atoms with van der Waals surface area (Å²) in [6, 6.07) is 7.14. The van der Waals surface area contributed by atoms with E-state index in [0.29, 0.717) is 22.9 Å². The second-order valence-corrected chi connectivity index (χ2v) is 2.92. The first-order chi connectivity index (χ1) is 6.75. The van der Waals surface area contributed by atoms with Gasteiger partial charge in [0.25, 0.3) is 0 Å². The highest BCUT2D eigenvalue weighted by Gasteiger charge is 2.04. The first-order valence-corrected chi connectivity index (χ1v) is 4.20. The molecule has 0 bridgehead atoms. The van der Waals surface area contributed by atoms with E-state index in [9.17, 15) is 0 Å². The number of nitrogen functional groups attached to an aromatic ring is 1. The number of aryl methyl sites for hydroxylation is 1. The van der Waals surface area contributed by atoms with Crippen LogP contribution in [-0.4, -0.2) is 5.16 Å². The van der Waals surface area contributed by atoms with Crippen molar-refractivity contribution in [3.63, 3.8) is 0 Å². The van der Waals surface area contributed by atoms with Crippen LogP contribution in [-0.2, 0) is 0 Å². The Morgan fingerprint density at radius 1 is 1.29 bits per heavy atom. The van der Waals surface area contributed by atoms with Gasteiger partial charge in [0, 0.05) is 12.6 Å². The second kappa shape index (κ2) is 3.41. The molecule has 0 unspecified atom stereocenters. The fourth-order valence-electron chi connectivity index (χ4n) is 1.05. The summed E-state index contributed by atoms with van der Waals surface area (Å²) in [5.41, 5.74) is 6.25. The van der Waals surface area contributed by atoms with Crippen LogP contribution in [0, 0.1) is 6.92 Å². The summed E-state index contributed by atoms with van der Waals surface area (Å²) in [5, 5.41) is 3.61. The molecule has 1 aromatic carbocycles. The highest BCUT2D eigenvalue weighted by atomic mass is 16.5. The van der Waals surface area contributed by atoms with Gasteiger partial charge in [0.15, 0.2) is 11.5 Å². The zero-order chi connectivity index (χ0) is 9.97. The Morgan fingerprint density at radius 3 is 2.57 bits per heavy atom. The van der Waals surface area contributed by atoms with E-state index in [1.54, 1.807) is 31.2 Å². The first-order valence-electron chi connectivity index (χ1n) is 4.20. The topological polar surface area (TPSA) is 61.3 Å². The molecule has 0 radical (unpaired) electrons. The van der Waals surface area contributed by atoms with Crippen molar-refractivity contribution in [2.24, 2.45) is 0 Å². The van der Waals surface area contributed by atoms with Crippen molar-refractivity contribution in [2.75, 3.05) is 5.73 Å².